The van der Waals surface area contributed by atoms with E-state index in [0.29, 0.717) is 24.8 Å². The number of rotatable bonds is 9. The monoisotopic (exact) mass is 612 g/mol. The molecule has 2 aliphatic carbocycles. The second-order valence-electron chi connectivity index (χ2n) is 11.9. The number of benzene rings is 1. The van der Waals surface area contributed by atoms with Crippen LogP contribution in [0.4, 0.5) is 5.69 Å². The minimum atomic E-state index is -0.834. The van der Waals surface area contributed by atoms with Crippen LogP contribution in [0.25, 0.3) is 0 Å². The van der Waals surface area contributed by atoms with Crippen molar-refractivity contribution in [1.82, 2.24) is 25.9 Å². The largest absolute Gasteiger partial charge is 0.481 e. The van der Waals surface area contributed by atoms with Gasteiger partial charge in [-0.2, -0.15) is 0 Å². The number of aromatic nitrogens is 2. The van der Waals surface area contributed by atoms with Gasteiger partial charge in [0.1, 0.15) is 23.8 Å². The maximum absolute atomic E-state index is 13.1. The first-order chi connectivity index (χ1) is 21.7. The summed E-state index contributed by atoms with van der Waals surface area (Å²) in [5.41, 5.74) is 4.85. The molecule has 4 N–H and O–H groups in total. The van der Waals surface area contributed by atoms with E-state index in [1.165, 1.54) is 18.0 Å². The van der Waals surface area contributed by atoms with Crippen LogP contribution >= 0.6 is 0 Å². The van der Waals surface area contributed by atoms with Crippen molar-refractivity contribution in [2.75, 3.05) is 18.5 Å². The lowest BCUT2D eigenvalue weighted by Gasteiger charge is -2.47. The van der Waals surface area contributed by atoms with E-state index >= 15 is 0 Å². The number of ketones is 1. The lowest BCUT2D eigenvalue weighted by atomic mass is 9.77. The van der Waals surface area contributed by atoms with Crippen molar-refractivity contribution in [2.24, 2.45) is 5.92 Å². The lowest BCUT2D eigenvalue weighted by Crippen LogP contribution is -2.65. The van der Waals surface area contributed by atoms with Gasteiger partial charge in [-0.25, -0.2) is 9.97 Å². The van der Waals surface area contributed by atoms with Crippen LogP contribution in [-0.4, -0.2) is 70.4 Å². The number of fused-ring (bicyclic) bond motifs is 1. The molecule has 45 heavy (non-hydrogen) atoms. The number of aliphatic carboxylic acids is 1. The number of carbonyl (C=O) groups excluding carboxylic acids is 3. The van der Waals surface area contributed by atoms with Gasteiger partial charge in [-0.1, -0.05) is 42.5 Å². The Morgan fingerprint density at radius 3 is 2.67 bits per heavy atom. The second kappa shape index (κ2) is 14.0. The molecular weight excluding hydrogens is 572 g/mol. The zero-order valence-corrected chi connectivity index (χ0v) is 25.7. The van der Waals surface area contributed by atoms with Gasteiger partial charge in [0.25, 0.3) is 11.8 Å². The van der Waals surface area contributed by atoms with Gasteiger partial charge in [0.2, 0.25) is 0 Å². The number of nitrogens with zero attached hydrogens (tertiary/aromatic N) is 3. The van der Waals surface area contributed by atoms with Crippen molar-refractivity contribution in [3.05, 3.63) is 89.1 Å². The fourth-order valence-electron chi connectivity index (χ4n) is 6.33. The van der Waals surface area contributed by atoms with Crippen molar-refractivity contribution in [3.8, 4) is 0 Å². The van der Waals surface area contributed by atoms with E-state index in [-0.39, 0.29) is 54.2 Å². The summed E-state index contributed by atoms with van der Waals surface area (Å²) in [5.74, 6) is -1.71. The Bertz CT molecular complexity index is 1570. The average Bonchev–Trinajstić information content (AvgIpc) is 3.11. The number of nitrogens with one attached hydrogen (secondary N) is 3. The van der Waals surface area contributed by atoms with Gasteiger partial charge >= 0.3 is 5.97 Å². The van der Waals surface area contributed by atoms with E-state index in [9.17, 15) is 24.3 Å². The van der Waals surface area contributed by atoms with Crippen molar-refractivity contribution in [3.63, 3.8) is 0 Å². The minimum Gasteiger partial charge on any atom is -0.481 e. The number of likely N-dealkylation sites (N-methyl/N-ethyl adjacent to an activating group) is 1. The molecular formula is C34H40N6O5. The van der Waals surface area contributed by atoms with Crippen LogP contribution in [-0.2, 0) is 22.6 Å². The highest BCUT2D eigenvalue weighted by molar-refractivity contribution is 6.10. The van der Waals surface area contributed by atoms with Gasteiger partial charge < -0.3 is 26.0 Å². The molecule has 1 aromatic heterocycles. The van der Waals surface area contributed by atoms with Crippen LogP contribution < -0.4 is 20.9 Å². The van der Waals surface area contributed by atoms with Gasteiger partial charge in [0, 0.05) is 36.5 Å². The Morgan fingerprint density at radius 1 is 1.13 bits per heavy atom. The summed E-state index contributed by atoms with van der Waals surface area (Å²) in [4.78, 5) is 60.3. The fraction of sp³-hybridized carbons (Fsp3) is 0.412. The van der Waals surface area contributed by atoms with Crippen LogP contribution in [0.3, 0.4) is 0 Å². The highest BCUT2D eigenvalue weighted by Gasteiger charge is 2.47. The molecule has 4 atom stereocenters. The standard InChI is InChI=1S/C34H40N6O5/c1-20-7-4-10-25(11-5-8-24(20)16-29(41)42)39-34(45)27-17-26(37-19-38-27)33(44)36-18-22-12-13-23-9-6-14-40(28(23)15-22)31-30(35-3)21(2)32(31)43/h5,7,11-13,15,17,19,24-25,30-31,35H,2,4,6,8-10,14,16,18H2,1,3H3,(H,36,44)(H,39,45)(H,41,42)/b11-5+,20-7+/t24-,25+,30?,31?/m1/s1. The quantitative estimate of drug-likeness (QED) is 0.247. The summed E-state index contributed by atoms with van der Waals surface area (Å²) in [7, 11) is 1.84. The maximum atomic E-state index is 13.1. The maximum Gasteiger partial charge on any atom is 0.303 e. The Labute approximate surface area is 262 Å². The van der Waals surface area contributed by atoms with Gasteiger partial charge in [0.05, 0.1) is 12.5 Å². The van der Waals surface area contributed by atoms with Crippen LogP contribution in [0.1, 0.15) is 71.1 Å². The number of carboxylic acids is 1. The summed E-state index contributed by atoms with van der Waals surface area (Å²) >= 11 is 0. The predicted molar refractivity (Wildman–Crippen MR) is 170 cm³/mol. The molecule has 11 heteroatoms. The molecule has 0 radical (unpaired) electrons. The zero-order chi connectivity index (χ0) is 32.1. The highest BCUT2D eigenvalue weighted by Crippen LogP contribution is 2.36. The van der Waals surface area contributed by atoms with E-state index in [2.05, 4.69) is 43.5 Å². The molecule has 2 amide bonds. The Morgan fingerprint density at radius 2 is 1.91 bits per heavy atom. The smallest absolute Gasteiger partial charge is 0.303 e. The number of hydrogen-bond donors (Lipinski definition) is 4. The zero-order valence-electron chi connectivity index (χ0n) is 25.7. The fourth-order valence-corrected chi connectivity index (χ4v) is 6.33. The third-order valence-corrected chi connectivity index (χ3v) is 8.93. The van der Waals surface area contributed by atoms with E-state index < -0.39 is 17.8 Å². The molecule has 3 aliphatic rings. The molecule has 11 nitrogen and oxygen atoms in total. The van der Waals surface area contributed by atoms with E-state index in [1.54, 1.807) is 0 Å². The molecule has 2 unspecified atom stereocenters. The number of anilines is 1. The molecule has 236 valence electrons. The molecule has 1 aliphatic heterocycles. The Kier molecular flexibility index (Phi) is 9.87. The van der Waals surface area contributed by atoms with Gasteiger partial charge in [0.15, 0.2) is 5.78 Å². The third kappa shape index (κ3) is 7.20. The second-order valence-corrected chi connectivity index (χ2v) is 11.9. The van der Waals surface area contributed by atoms with Crippen LogP contribution in [0, 0.1) is 5.92 Å². The molecule has 2 heterocycles. The summed E-state index contributed by atoms with van der Waals surface area (Å²) in [6.45, 7) is 6.88. The Balaban J connectivity index is 1.21. The van der Waals surface area contributed by atoms with Crippen molar-refractivity contribution < 1.29 is 24.3 Å². The number of aryl methyl sites for hydroxylation is 1. The van der Waals surface area contributed by atoms with Gasteiger partial charge in [-0.3, -0.25) is 19.2 Å². The van der Waals surface area contributed by atoms with E-state index in [4.69, 9.17) is 0 Å². The molecule has 0 spiro atoms. The summed E-state index contributed by atoms with van der Waals surface area (Å²) in [6.07, 6.45) is 10.9. The van der Waals surface area contributed by atoms with Crippen LogP contribution in [0.2, 0.25) is 0 Å². The molecule has 0 bridgehead atoms. The molecule has 2 aromatic rings. The van der Waals surface area contributed by atoms with Gasteiger partial charge in [-0.15, -0.1) is 0 Å². The molecule has 0 saturated heterocycles. The van der Waals surface area contributed by atoms with E-state index in [0.717, 1.165) is 36.2 Å². The first-order valence-corrected chi connectivity index (χ1v) is 15.4. The Hall–Kier alpha value is -4.64. The number of amides is 2. The highest BCUT2D eigenvalue weighted by atomic mass is 16.4. The molecule has 1 aromatic carbocycles. The van der Waals surface area contributed by atoms with Crippen LogP contribution in [0.5, 0.6) is 0 Å². The number of carboxylic acid groups (broad SMARTS) is 1. The summed E-state index contributed by atoms with van der Waals surface area (Å²) in [6, 6.07) is 6.80. The number of carbonyl (C=O) groups is 4. The molecule has 1 saturated carbocycles. The molecule has 1 fully saturated rings. The predicted octanol–water partition coefficient (Wildman–Crippen LogP) is 3.13. The van der Waals surface area contributed by atoms with Crippen LogP contribution in [0.15, 0.2) is 66.5 Å². The molecule has 5 rings (SSSR count). The first kappa shape index (κ1) is 31.8. The number of allylic oxidation sites excluding steroid dienone is 3. The van der Waals surface area contributed by atoms with Crippen molar-refractivity contribution >= 4 is 29.3 Å². The van der Waals surface area contributed by atoms with Crippen molar-refractivity contribution in [1.29, 1.82) is 0 Å². The summed E-state index contributed by atoms with van der Waals surface area (Å²) < 4.78 is 0. The topological polar surface area (TPSA) is 154 Å². The average molecular weight is 613 g/mol. The minimum absolute atomic E-state index is 0.0573. The SMILES string of the molecule is C=C1C(=O)C(N2CCCc3ccc(CNC(=O)c4cc(C(=O)N[C@@H]5/C=C/C[C@H](CC(=O)O)/C(C)=C/CC5)ncn4)cc32)C1NC. The first-order valence-electron chi connectivity index (χ1n) is 15.4. The lowest BCUT2D eigenvalue weighted by molar-refractivity contribution is -0.137. The van der Waals surface area contributed by atoms with Crippen molar-refractivity contribution in [2.45, 2.75) is 70.1 Å². The number of hydrogen-bond acceptors (Lipinski definition) is 8. The van der Waals surface area contributed by atoms with E-state index in [1.807, 2.05) is 44.3 Å². The normalized spacial score (nSPS) is 24.9. The number of Topliss-reactive ketones (excluding diaryl/α,β-unsaturated/α-hetero) is 1. The van der Waals surface area contributed by atoms with Gasteiger partial charge in [-0.05, 0) is 69.2 Å². The third-order valence-electron chi connectivity index (χ3n) is 8.93. The summed E-state index contributed by atoms with van der Waals surface area (Å²) in [5, 5.41) is 18.3.